The molecule has 2 aromatic rings. The van der Waals surface area contributed by atoms with Crippen LogP contribution in [0.1, 0.15) is 18.0 Å². The Morgan fingerprint density at radius 2 is 2.07 bits per heavy atom. The SMILES string of the molecule is COc1ccc(C2CN(CC(F)F)CCC2NC(=O)Nc2ccccc2)nc1. The van der Waals surface area contributed by atoms with E-state index in [0.717, 1.165) is 5.69 Å². The standard InChI is InChI=1S/C20H24F2N4O2/c1-28-15-7-8-17(23-11-15)16-12-26(13-19(21)22)10-9-18(16)25-20(27)24-14-5-3-2-4-6-14/h2-8,11,16,18-19H,9-10,12-13H2,1H3,(H2,24,25,27). The number of carbonyl (C=O) groups excluding carboxylic acids is 1. The number of likely N-dealkylation sites (tertiary alicyclic amines) is 1. The van der Waals surface area contributed by atoms with Crippen LogP contribution in [-0.2, 0) is 0 Å². The van der Waals surface area contributed by atoms with Crippen molar-refractivity contribution >= 4 is 11.7 Å². The number of rotatable bonds is 6. The molecule has 6 nitrogen and oxygen atoms in total. The molecule has 1 aliphatic heterocycles. The van der Waals surface area contributed by atoms with Crippen LogP contribution in [0, 0.1) is 0 Å². The topological polar surface area (TPSA) is 66.5 Å². The summed E-state index contributed by atoms with van der Waals surface area (Å²) in [4.78, 5) is 18.6. The largest absolute Gasteiger partial charge is 0.495 e. The zero-order valence-corrected chi connectivity index (χ0v) is 15.6. The van der Waals surface area contributed by atoms with E-state index >= 15 is 0 Å². The van der Waals surface area contributed by atoms with Crippen molar-refractivity contribution < 1.29 is 18.3 Å². The van der Waals surface area contributed by atoms with Gasteiger partial charge in [0.25, 0.3) is 6.43 Å². The maximum absolute atomic E-state index is 12.8. The number of hydrogen-bond acceptors (Lipinski definition) is 4. The molecule has 28 heavy (non-hydrogen) atoms. The van der Waals surface area contributed by atoms with E-state index in [4.69, 9.17) is 4.74 Å². The van der Waals surface area contributed by atoms with Crippen LogP contribution in [0.3, 0.4) is 0 Å². The number of aromatic nitrogens is 1. The molecule has 0 radical (unpaired) electrons. The van der Waals surface area contributed by atoms with Gasteiger partial charge in [-0.3, -0.25) is 9.88 Å². The summed E-state index contributed by atoms with van der Waals surface area (Å²) in [6.07, 6.45) is -0.231. The highest BCUT2D eigenvalue weighted by atomic mass is 19.3. The Kier molecular flexibility index (Phi) is 6.76. The van der Waals surface area contributed by atoms with Gasteiger partial charge in [-0.15, -0.1) is 0 Å². The normalized spacial score (nSPS) is 20.0. The fourth-order valence-corrected chi connectivity index (χ4v) is 3.44. The molecule has 1 aromatic carbocycles. The molecule has 2 heterocycles. The van der Waals surface area contributed by atoms with Crippen molar-refractivity contribution in [2.45, 2.75) is 24.8 Å². The second kappa shape index (κ2) is 9.45. The van der Waals surface area contributed by atoms with E-state index in [9.17, 15) is 13.6 Å². The van der Waals surface area contributed by atoms with Crippen molar-refractivity contribution in [3.63, 3.8) is 0 Å². The summed E-state index contributed by atoms with van der Waals surface area (Å²) < 4.78 is 30.8. The van der Waals surface area contributed by atoms with E-state index in [1.165, 1.54) is 0 Å². The average Bonchev–Trinajstić information content (AvgIpc) is 2.69. The average molecular weight is 390 g/mol. The maximum Gasteiger partial charge on any atom is 0.319 e. The fraction of sp³-hybridized carbons (Fsp3) is 0.400. The van der Waals surface area contributed by atoms with Crippen LogP contribution in [0.2, 0.25) is 0 Å². The van der Waals surface area contributed by atoms with Crippen LogP contribution < -0.4 is 15.4 Å². The first-order valence-electron chi connectivity index (χ1n) is 9.18. The Morgan fingerprint density at radius 1 is 1.29 bits per heavy atom. The highest BCUT2D eigenvalue weighted by Gasteiger charge is 2.33. The molecule has 0 spiro atoms. The second-order valence-corrected chi connectivity index (χ2v) is 6.74. The summed E-state index contributed by atoms with van der Waals surface area (Å²) in [5, 5.41) is 5.78. The molecule has 0 saturated carbocycles. The number of benzene rings is 1. The number of nitrogens with zero attached hydrogens (tertiary/aromatic N) is 2. The highest BCUT2D eigenvalue weighted by molar-refractivity contribution is 5.89. The molecule has 150 valence electrons. The van der Waals surface area contributed by atoms with E-state index in [0.29, 0.717) is 30.9 Å². The first-order valence-corrected chi connectivity index (χ1v) is 9.18. The minimum absolute atomic E-state index is 0.195. The van der Waals surface area contributed by atoms with Crippen molar-refractivity contribution in [1.29, 1.82) is 0 Å². The Balaban J connectivity index is 1.72. The summed E-state index contributed by atoms with van der Waals surface area (Å²) in [5.41, 5.74) is 1.43. The molecule has 1 aromatic heterocycles. The number of para-hydroxylation sites is 1. The van der Waals surface area contributed by atoms with Crippen LogP contribution in [0.25, 0.3) is 0 Å². The number of piperidine rings is 1. The molecule has 2 atom stereocenters. The molecular formula is C20H24F2N4O2. The van der Waals surface area contributed by atoms with Crippen molar-refractivity contribution in [2.75, 3.05) is 32.1 Å². The van der Waals surface area contributed by atoms with Crippen molar-refractivity contribution in [3.8, 4) is 5.75 Å². The molecule has 3 rings (SSSR count). The van der Waals surface area contributed by atoms with Crippen molar-refractivity contribution in [1.82, 2.24) is 15.2 Å². The van der Waals surface area contributed by atoms with Gasteiger partial charge >= 0.3 is 6.03 Å². The number of alkyl halides is 2. The number of halogens is 2. The van der Waals surface area contributed by atoms with E-state index < -0.39 is 6.43 Å². The van der Waals surface area contributed by atoms with Gasteiger partial charge in [-0.1, -0.05) is 18.2 Å². The second-order valence-electron chi connectivity index (χ2n) is 6.74. The number of ether oxygens (including phenoxy) is 1. The van der Waals surface area contributed by atoms with E-state index in [-0.39, 0.29) is 24.5 Å². The molecule has 1 aliphatic rings. The number of pyridine rings is 1. The van der Waals surface area contributed by atoms with Gasteiger partial charge in [0.2, 0.25) is 0 Å². The summed E-state index contributed by atoms with van der Waals surface area (Å²) in [7, 11) is 1.56. The fourth-order valence-electron chi connectivity index (χ4n) is 3.44. The minimum atomic E-state index is -2.39. The maximum atomic E-state index is 12.8. The van der Waals surface area contributed by atoms with Gasteiger partial charge in [0.05, 0.1) is 19.9 Å². The van der Waals surface area contributed by atoms with Gasteiger partial charge < -0.3 is 15.4 Å². The first-order chi connectivity index (χ1) is 13.5. The Labute approximate surface area is 162 Å². The highest BCUT2D eigenvalue weighted by Crippen LogP contribution is 2.27. The zero-order valence-electron chi connectivity index (χ0n) is 15.6. The first kappa shape index (κ1) is 20.0. The van der Waals surface area contributed by atoms with Gasteiger partial charge in [-0.05, 0) is 30.7 Å². The van der Waals surface area contributed by atoms with Crippen LogP contribution in [0.4, 0.5) is 19.3 Å². The van der Waals surface area contributed by atoms with Gasteiger partial charge in [-0.25, -0.2) is 13.6 Å². The molecule has 0 aliphatic carbocycles. The number of amides is 2. The van der Waals surface area contributed by atoms with E-state index in [2.05, 4.69) is 15.6 Å². The lowest BCUT2D eigenvalue weighted by molar-refractivity contribution is 0.0671. The Hall–Kier alpha value is -2.74. The third-order valence-corrected chi connectivity index (χ3v) is 4.82. The summed E-state index contributed by atoms with van der Waals surface area (Å²) in [6.45, 7) is 0.614. The van der Waals surface area contributed by atoms with Gasteiger partial charge in [0, 0.05) is 36.4 Å². The molecular weight excluding hydrogens is 366 g/mol. The van der Waals surface area contributed by atoms with Crippen LogP contribution >= 0.6 is 0 Å². The quantitative estimate of drug-likeness (QED) is 0.794. The number of urea groups is 1. The monoisotopic (exact) mass is 390 g/mol. The number of nitrogens with one attached hydrogen (secondary N) is 2. The molecule has 8 heteroatoms. The Morgan fingerprint density at radius 3 is 2.71 bits per heavy atom. The van der Waals surface area contributed by atoms with Crippen molar-refractivity contribution in [2.24, 2.45) is 0 Å². The predicted octanol–water partition coefficient (Wildman–Crippen LogP) is 3.33. The van der Waals surface area contributed by atoms with Gasteiger partial charge in [0.1, 0.15) is 5.75 Å². The third kappa shape index (κ3) is 5.39. The third-order valence-electron chi connectivity index (χ3n) is 4.82. The van der Waals surface area contributed by atoms with Crippen molar-refractivity contribution in [3.05, 3.63) is 54.4 Å². The summed E-state index contributed by atoms with van der Waals surface area (Å²) in [5.74, 6) is 0.426. The van der Waals surface area contributed by atoms with E-state index in [1.807, 2.05) is 24.3 Å². The number of hydrogen-bond donors (Lipinski definition) is 2. The number of anilines is 1. The summed E-state index contributed by atoms with van der Waals surface area (Å²) >= 11 is 0. The Bertz CT molecular complexity index is 759. The molecule has 2 unspecified atom stereocenters. The lowest BCUT2D eigenvalue weighted by Crippen LogP contribution is -2.51. The molecule has 2 N–H and O–H groups in total. The van der Waals surface area contributed by atoms with Crippen LogP contribution in [0.15, 0.2) is 48.7 Å². The van der Waals surface area contributed by atoms with Crippen LogP contribution in [-0.4, -0.2) is 55.1 Å². The van der Waals surface area contributed by atoms with Gasteiger partial charge in [0.15, 0.2) is 0 Å². The summed E-state index contributed by atoms with van der Waals surface area (Å²) in [6, 6.07) is 12.2. The molecule has 2 amide bonds. The molecule has 0 bridgehead atoms. The smallest absolute Gasteiger partial charge is 0.319 e. The lowest BCUT2D eigenvalue weighted by atomic mass is 9.89. The van der Waals surface area contributed by atoms with Gasteiger partial charge in [-0.2, -0.15) is 0 Å². The molecule has 1 saturated heterocycles. The minimum Gasteiger partial charge on any atom is -0.495 e. The molecule has 1 fully saturated rings. The van der Waals surface area contributed by atoms with E-state index in [1.54, 1.807) is 36.4 Å². The zero-order chi connectivity index (χ0) is 19.9. The number of methoxy groups -OCH3 is 1. The predicted molar refractivity (Wildman–Crippen MR) is 103 cm³/mol. The lowest BCUT2D eigenvalue weighted by Gasteiger charge is -2.38. The number of carbonyl (C=O) groups is 1. The van der Waals surface area contributed by atoms with Crippen LogP contribution in [0.5, 0.6) is 5.75 Å².